The van der Waals surface area contributed by atoms with Crippen molar-refractivity contribution in [1.29, 1.82) is 0 Å². The molecule has 156 valence electrons. The van der Waals surface area contributed by atoms with Gasteiger partial charge in [-0.25, -0.2) is 0 Å². The predicted molar refractivity (Wildman–Crippen MR) is 105 cm³/mol. The SMILES string of the molecule is COc1cc(O)cc(C(=O)N2CCOC(CO)C2c2ccc(OC)c(OC)c2)c1. The van der Waals surface area contributed by atoms with Crippen LogP contribution in [0.2, 0.25) is 0 Å². The minimum atomic E-state index is -0.606. The van der Waals surface area contributed by atoms with Crippen LogP contribution in [0.1, 0.15) is 22.0 Å². The van der Waals surface area contributed by atoms with E-state index < -0.39 is 12.1 Å². The van der Waals surface area contributed by atoms with Gasteiger partial charge >= 0.3 is 0 Å². The van der Waals surface area contributed by atoms with Crippen molar-refractivity contribution in [3.05, 3.63) is 47.5 Å². The van der Waals surface area contributed by atoms with E-state index in [1.165, 1.54) is 26.4 Å². The third-order valence-electron chi connectivity index (χ3n) is 4.92. The Morgan fingerprint density at radius 1 is 1.10 bits per heavy atom. The van der Waals surface area contributed by atoms with E-state index >= 15 is 0 Å². The molecule has 8 nitrogen and oxygen atoms in total. The molecule has 1 amide bonds. The van der Waals surface area contributed by atoms with Crippen LogP contribution in [-0.4, -0.2) is 68.2 Å². The van der Waals surface area contributed by atoms with Gasteiger partial charge in [-0.15, -0.1) is 0 Å². The van der Waals surface area contributed by atoms with Crippen LogP contribution >= 0.6 is 0 Å². The largest absolute Gasteiger partial charge is 0.508 e. The summed E-state index contributed by atoms with van der Waals surface area (Å²) in [5, 5.41) is 19.8. The van der Waals surface area contributed by atoms with Gasteiger partial charge in [0.15, 0.2) is 11.5 Å². The van der Waals surface area contributed by atoms with Crippen molar-refractivity contribution in [2.24, 2.45) is 0 Å². The van der Waals surface area contributed by atoms with Gasteiger partial charge in [-0.1, -0.05) is 6.07 Å². The van der Waals surface area contributed by atoms with E-state index in [9.17, 15) is 15.0 Å². The Bertz CT molecular complexity index is 870. The summed E-state index contributed by atoms with van der Waals surface area (Å²) in [7, 11) is 4.54. The number of carbonyl (C=O) groups excluding carboxylic acids is 1. The van der Waals surface area contributed by atoms with Crippen molar-refractivity contribution in [3.8, 4) is 23.0 Å². The smallest absolute Gasteiger partial charge is 0.254 e. The van der Waals surface area contributed by atoms with Crippen LogP contribution in [0.15, 0.2) is 36.4 Å². The monoisotopic (exact) mass is 403 g/mol. The van der Waals surface area contributed by atoms with E-state index in [0.29, 0.717) is 23.8 Å². The quantitative estimate of drug-likeness (QED) is 0.761. The number of aromatic hydroxyl groups is 1. The lowest BCUT2D eigenvalue weighted by molar-refractivity contribution is -0.0811. The molecule has 0 spiro atoms. The summed E-state index contributed by atoms with van der Waals surface area (Å²) in [6.07, 6.45) is -0.606. The van der Waals surface area contributed by atoms with Crippen LogP contribution in [-0.2, 0) is 4.74 Å². The number of methoxy groups -OCH3 is 3. The highest BCUT2D eigenvalue weighted by Crippen LogP contribution is 2.36. The Balaban J connectivity index is 2.02. The van der Waals surface area contributed by atoms with Crippen molar-refractivity contribution in [1.82, 2.24) is 4.90 Å². The molecule has 0 aliphatic carbocycles. The second-order valence-electron chi connectivity index (χ2n) is 6.57. The average Bonchev–Trinajstić information content (AvgIpc) is 2.76. The summed E-state index contributed by atoms with van der Waals surface area (Å²) < 4.78 is 21.5. The maximum atomic E-state index is 13.3. The molecule has 2 aromatic carbocycles. The molecule has 2 unspecified atom stereocenters. The lowest BCUT2D eigenvalue weighted by atomic mass is 9.96. The Hall–Kier alpha value is -2.97. The van der Waals surface area contributed by atoms with Gasteiger partial charge in [0.2, 0.25) is 0 Å². The number of morpholine rings is 1. The zero-order valence-corrected chi connectivity index (χ0v) is 16.6. The zero-order valence-electron chi connectivity index (χ0n) is 16.6. The molecule has 0 saturated carbocycles. The standard InChI is InChI=1S/C21H25NO7/c1-26-16-9-14(8-15(24)11-16)21(25)22-6-7-29-19(12-23)20(22)13-4-5-17(27-2)18(10-13)28-3/h4-5,8-11,19-20,23-24H,6-7,12H2,1-3H3. The Labute approximate surface area is 169 Å². The Morgan fingerprint density at radius 2 is 1.86 bits per heavy atom. The molecule has 1 saturated heterocycles. The van der Waals surface area contributed by atoms with Crippen molar-refractivity contribution in [2.75, 3.05) is 41.1 Å². The highest BCUT2D eigenvalue weighted by atomic mass is 16.5. The Kier molecular flexibility index (Phi) is 6.46. The van der Waals surface area contributed by atoms with Crippen molar-refractivity contribution >= 4 is 5.91 Å². The van der Waals surface area contributed by atoms with E-state index in [-0.39, 0.29) is 30.4 Å². The Morgan fingerprint density at radius 3 is 2.52 bits per heavy atom. The molecule has 1 aliphatic heterocycles. The van der Waals surface area contributed by atoms with Gasteiger partial charge in [0, 0.05) is 18.2 Å². The average molecular weight is 403 g/mol. The molecule has 3 rings (SSSR count). The predicted octanol–water partition coefficient (Wildman–Crippen LogP) is 1.99. The van der Waals surface area contributed by atoms with Gasteiger partial charge in [0.25, 0.3) is 5.91 Å². The topological polar surface area (TPSA) is 97.7 Å². The van der Waals surface area contributed by atoms with Crippen LogP contribution in [0, 0.1) is 0 Å². The molecule has 2 atom stereocenters. The maximum Gasteiger partial charge on any atom is 0.254 e. The number of hydrogen-bond donors (Lipinski definition) is 2. The fourth-order valence-electron chi connectivity index (χ4n) is 3.54. The number of phenolic OH excluding ortho intramolecular Hbond substituents is 1. The molecule has 1 aliphatic rings. The second-order valence-corrected chi connectivity index (χ2v) is 6.57. The van der Waals surface area contributed by atoms with Crippen LogP contribution in [0.4, 0.5) is 0 Å². The number of hydrogen-bond acceptors (Lipinski definition) is 7. The molecule has 8 heteroatoms. The summed E-state index contributed by atoms with van der Waals surface area (Å²) in [6.45, 7) is 0.356. The molecule has 1 fully saturated rings. The first kappa shape index (κ1) is 20.8. The number of amides is 1. The maximum absolute atomic E-state index is 13.3. The fraction of sp³-hybridized carbons (Fsp3) is 0.381. The van der Waals surface area contributed by atoms with Crippen molar-refractivity contribution < 1.29 is 34.0 Å². The van der Waals surface area contributed by atoms with Gasteiger partial charge < -0.3 is 34.1 Å². The van der Waals surface area contributed by atoms with Gasteiger partial charge in [-0.05, 0) is 29.8 Å². The summed E-state index contributed by atoms with van der Waals surface area (Å²) in [5.74, 6) is 1.08. The van der Waals surface area contributed by atoms with Crippen LogP contribution in [0.25, 0.3) is 0 Å². The summed E-state index contributed by atoms with van der Waals surface area (Å²) in [6, 6.07) is 9.17. The first-order valence-corrected chi connectivity index (χ1v) is 9.15. The van der Waals surface area contributed by atoms with E-state index in [1.54, 1.807) is 30.2 Å². The lowest BCUT2D eigenvalue weighted by Crippen LogP contribution is -2.49. The summed E-state index contributed by atoms with van der Waals surface area (Å²) in [5.41, 5.74) is 1.02. The molecule has 1 heterocycles. The number of rotatable bonds is 6. The van der Waals surface area contributed by atoms with Gasteiger partial charge in [0.1, 0.15) is 17.6 Å². The number of aliphatic hydroxyl groups is 1. The third kappa shape index (κ3) is 4.23. The van der Waals surface area contributed by atoms with Crippen LogP contribution in [0.3, 0.4) is 0 Å². The lowest BCUT2D eigenvalue weighted by Gasteiger charge is -2.41. The second kappa shape index (κ2) is 9.02. The minimum Gasteiger partial charge on any atom is -0.508 e. The normalized spacial score (nSPS) is 19.0. The molecule has 2 aromatic rings. The van der Waals surface area contributed by atoms with Crippen molar-refractivity contribution in [3.63, 3.8) is 0 Å². The van der Waals surface area contributed by atoms with E-state index in [2.05, 4.69) is 0 Å². The molecule has 0 aromatic heterocycles. The van der Waals surface area contributed by atoms with Crippen LogP contribution < -0.4 is 14.2 Å². The molecule has 29 heavy (non-hydrogen) atoms. The first-order chi connectivity index (χ1) is 14.0. The molecule has 0 bridgehead atoms. The number of nitrogens with zero attached hydrogens (tertiary/aromatic N) is 1. The van der Waals surface area contributed by atoms with Gasteiger partial charge in [-0.2, -0.15) is 0 Å². The number of ether oxygens (including phenoxy) is 4. The van der Waals surface area contributed by atoms with Gasteiger partial charge in [-0.3, -0.25) is 4.79 Å². The highest BCUT2D eigenvalue weighted by Gasteiger charge is 2.37. The molecule has 0 radical (unpaired) electrons. The number of carbonyl (C=O) groups is 1. The zero-order chi connectivity index (χ0) is 21.0. The minimum absolute atomic E-state index is 0.0673. The van der Waals surface area contributed by atoms with E-state index in [4.69, 9.17) is 18.9 Å². The van der Waals surface area contributed by atoms with Crippen LogP contribution in [0.5, 0.6) is 23.0 Å². The molecule has 2 N–H and O–H groups in total. The van der Waals surface area contributed by atoms with Crippen molar-refractivity contribution in [2.45, 2.75) is 12.1 Å². The third-order valence-corrected chi connectivity index (χ3v) is 4.92. The highest BCUT2D eigenvalue weighted by molar-refractivity contribution is 5.95. The van der Waals surface area contributed by atoms with E-state index in [1.807, 2.05) is 6.07 Å². The number of benzene rings is 2. The molecular formula is C21H25NO7. The summed E-state index contributed by atoms with van der Waals surface area (Å²) in [4.78, 5) is 14.9. The van der Waals surface area contributed by atoms with Gasteiger partial charge in [0.05, 0.1) is 40.6 Å². The summed E-state index contributed by atoms with van der Waals surface area (Å²) >= 11 is 0. The number of phenols is 1. The van der Waals surface area contributed by atoms with E-state index in [0.717, 1.165) is 5.56 Å². The molecular weight excluding hydrogens is 378 g/mol. The first-order valence-electron chi connectivity index (χ1n) is 9.15. The number of aliphatic hydroxyl groups excluding tert-OH is 1. The fourth-order valence-corrected chi connectivity index (χ4v) is 3.54.